The van der Waals surface area contributed by atoms with Crippen molar-refractivity contribution >= 4 is 17.3 Å². The highest BCUT2D eigenvalue weighted by molar-refractivity contribution is 7.12. The first-order valence-corrected chi connectivity index (χ1v) is 6.71. The zero-order valence-corrected chi connectivity index (χ0v) is 10.3. The van der Waals surface area contributed by atoms with Crippen molar-refractivity contribution in [1.82, 2.24) is 0 Å². The number of thiophene rings is 1. The fourth-order valence-electron chi connectivity index (χ4n) is 2.06. The summed E-state index contributed by atoms with van der Waals surface area (Å²) in [5.41, 5.74) is 0. The van der Waals surface area contributed by atoms with Gasteiger partial charge in [0.2, 0.25) is 0 Å². The number of carboxylic acids is 1. The van der Waals surface area contributed by atoms with Gasteiger partial charge in [0.25, 0.3) is 0 Å². The summed E-state index contributed by atoms with van der Waals surface area (Å²) in [7, 11) is 0. The van der Waals surface area contributed by atoms with Crippen LogP contribution in [0.3, 0.4) is 0 Å². The maximum absolute atomic E-state index is 10.7. The van der Waals surface area contributed by atoms with Gasteiger partial charge in [0.1, 0.15) is 16.7 Å². The van der Waals surface area contributed by atoms with Crippen LogP contribution in [0.25, 0.3) is 0 Å². The van der Waals surface area contributed by atoms with Gasteiger partial charge >= 0.3 is 5.97 Å². The number of ether oxygens (including phenoxy) is 1. The average Bonchev–Trinajstić information content (AvgIpc) is 2.66. The van der Waals surface area contributed by atoms with E-state index in [1.807, 2.05) is 0 Å². The van der Waals surface area contributed by atoms with Gasteiger partial charge in [-0.2, -0.15) is 0 Å². The van der Waals surface area contributed by atoms with Crippen molar-refractivity contribution < 1.29 is 19.7 Å². The smallest absolute Gasteiger partial charge is 0.346 e. The molecular formula is C12H16O4S. The highest BCUT2D eigenvalue weighted by Gasteiger charge is 2.23. The van der Waals surface area contributed by atoms with Gasteiger partial charge in [-0.3, -0.25) is 0 Å². The van der Waals surface area contributed by atoms with E-state index >= 15 is 0 Å². The molecule has 17 heavy (non-hydrogen) atoms. The number of aliphatic hydroxyl groups is 1. The molecule has 0 aromatic carbocycles. The number of hydrogen-bond donors (Lipinski definition) is 2. The lowest BCUT2D eigenvalue weighted by Crippen LogP contribution is -2.30. The third kappa shape index (κ3) is 3.20. The number of rotatable bonds is 3. The van der Waals surface area contributed by atoms with Crippen LogP contribution < -0.4 is 4.74 Å². The summed E-state index contributed by atoms with van der Waals surface area (Å²) in [5, 5.41) is 20.4. The summed E-state index contributed by atoms with van der Waals surface area (Å²) in [6.07, 6.45) is 4.17. The molecule has 1 aliphatic rings. The van der Waals surface area contributed by atoms with Gasteiger partial charge in [0.05, 0.1) is 6.10 Å². The molecule has 0 aliphatic heterocycles. The van der Waals surface area contributed by atoms with Crippen molar-refractivity contribution in [2.24, 2.45) is 0 Å². The van der Waals surface area contributed by atoms with E-state index < -0.39 is 12.1 Å². The molecule has 2 unspecified atom stereocenters. The van der Waals surface area contributed by atoms with Gasteiger partial charge in [-0.25, -0.2) is 4.79 Å². The lowest BCUT2D eigenvalue weighted by atomic mass is 10.1. The van der Waals surface area contributed by atoms with Crippen molar-refractivity contribution in [3.05, 3.63) is 16.3 Å². The van der Waals surface area contributed by atoms with E-state index in [1.54, 1.807) is 5.38 Å². The van der Waals surface area contributed by atoms with Crippen LogP contribution in [0.5, 0.6) is 5.75 Å². The van der Waals surface area contributed by atoms with Crippen molar-refractivity contribution in [3.63, 3.8) is 0 Å². The zero-order valence-electron chi connectivity index (χ0n) is 9.46. The van der Waals surface area contributed by atoms with Gasteiger partial charge in [0, 0.05) is 11.4 Å². The fraction of sp³-hybridized carbons (Fsp3) is 0.583. The molecule has 0 spiro atoms. The summed E-state index contributed by atoms with van der Waals surface area (Å²) >= 11 is 1.15. The largest absolute Gasteiger partial charge is 0.487 e. The van der Waals surface area contributed by atoms with Crippen LogP contribution in [-0.4, -0.2) is 28.4 Å². The SMILES string of the molecule is O=C(O)c1cc(OC2CCCCCC2O)cs1. The molecule has 1 saturated carbocycles. The molecule has 0 saturated heterocycles. The molecule has 1 aliphatic carbocycles. The molecule has 2 rings (SSSR count). The predicted molar refractivity (Wildman–Crippen MR) is 64.8 cm³/mol. The number of carbonyl (C=O) groups is 1. The third-order valence-corrected chi connectivity index (χ3v) is 3.89. The average molecular weight is 256 g/mol. The fourth-order valence-corrected chi connectivity index (χ4v) is 2.71. The second-order valence-corrected chi connectivity index (χ2v) is 5.22. The molecule has 2 N–H and O–H groups in total. The topological polar surface area (TPSA) is 66.8 Å². The molecule has 0 amide bonds. The van der Waals surface area contributed by atoms with Crippen LogP contribution in [0, 0.1) is 0 Å². The van der Waals surface area contributed by atoms with Crippen molar-refractivity contribution in [3.8, 4) is 5.75 Å². The zero-order chi connectivity index (χ0) is 12.3. The van der Waals surface area contributed by atoms with Crippen LogP contribution in [0.2, 0.25) is 0 Å². The third-order valence-electron chi connectivity index (χ3n) is 2.99. The summed E-state index contributed by atoms with van der Waals surface area (Å²) < 4.78 is 5.68. The Bertz CT molecular complexity index is 388. The first-order valence-electron chi connectivity index (χ1n) is 5.83. The van der Waals surface area contributed by atoms with Crippen molar-refractivity contribution in [1.29, 1.82) is 0 Å². The van der Waals surface area contributed by atoms with Gasteiger partial charge in [-0.15, -0.1) is 11.3 Å². The van der Waals surface area contributed by atoms with E-state index in [0.29, 0.717) is 5.75 Å². The molecule has 2 atom stereocenters. The van der Waals surface area contributed by atoms with Gasteiger partial charge < -0.3 is 14.9 Å². The highest BCUT2D eigenvalue weighted by Crippen LogP contribution is 2.27. The van der Waals surface area contributed by atoms with Crippen molar-refractivity contribution in [2.45, 2.75) is 44.3 Å². The maximum atomic E-state index is 10.7. The van der Waals surface area contributed by atoms with Crippen LogP contribution in [0.4, 0.5) is 0 Å². The Morgan fingerprint density at radius 2 is 2.12 bits per heavy atom. The van der Waals surface area contributed by atoms with E-state index in [0.717, 1.165) is 43.4 Å². The Kier molecular flexibility index (Phi) is 4.02. The van der Waals surface area contributed by atoms with Crippen LogP contribution in [-0.2, 0) is 0 Å². The van der Waals surface area contributed by atoms with Crippen LogP contribution in [0.1, 0.15) is 41.8 Å². The number of aliphatic hydroxyl groups excluding tert-OH is 1. The summed E-state index contributed by atoms with van der Waals surface area (Å²) in [4.78, 5) is 11.0. The number of carboxylic acid groups (broad SMARTS) is 1. The van der Waals surface area contributed by atoms with E-state index in [1.165, 1.54) is 6.07 Å². The quantitative estimate of drug-likeness (QED) is 0.815. The second-order valence-electron chi connectivity index (χ2n) is 4.31. The first kappa shape index (κ1) is 12.4. The van der Waals surface area contributed by atoms with E-state index in [4.69, 9.17) is 9.84 Å². The molecule has 94 valence electrons. The van der Waals surface area contributed by atoms with Crippen LogP contribution in [0.15, 0.2) is 11.4 Å². The predicted octanol–water partition coefficient (Wildman–Crippen LogP) is 2.52. The Balaban J connectivity index is 2.00. The monoisotopic (exact) mass is 256 g/mol. The molecule has 5 heteroatoms. The molecule has 0 bridgehead atoms. The van der Waals surface area contributed by atoms with Gasteiger partial charge in [-0.05, 0) is 19.3 Å². The minimum absolute atomic E-state index is 0.200. The van der Waals surface area contributed by atoms with E-state index in [-0.39, 0.29) is 11.0 Å². The Labute approximate surface area is 104 Å². The highest BCUT2D eigenvalue weighted by atomic mass is 32.1. The lowest BCUT2D eigenvalue weighted by molar-refractivity contribution is 0.0322. The Morgan fingerprint density at radius 1 is 1.35 bits per heavy atom. The molecule has 1 heterocycles. The second kappa shape index (κ2) is 5.51. The molecule has 1 aromatic heterocycles. The Hall–Kier alpha value is -1.07. The normalized spacial score (nSPS) is 25.2. The lowest BCUT2D eigenvalue weighted by Gasteiger charge is -2.21. The number of hydrogen-bond acceptors (Lipinski definition) is 4. The number of aromatic carboxylic acids is 1. The van der Waals surface area contributed by atoms with E-state index in [9.17, 15) is 9.90 Å². The molecule has 4 nitrogen and oxygen atoms in total. The summed E-state index contributed by atoms with van der Waals surface area (Å²) in [6, 6.07) is 1.52. The van der Waals surface area contributed by atoms with Gasteiger partial charge in [0.15, 0.2) is 0 Å². The molecule has 1 fully saturated rings. The summed E-state index contributed by atoms with van der Waals surface area (Å²) in [5.74, 6) is -0.385. The minimum atomic E-state index is -0.939. The van der Waals surface area contributed by atoms with E-state index in [2.05, 4.69) is 0 Å². The summed E-state index contributed by atoms with van der Waals surface area (Å²) in [6.45, 7) is 0. The standard InChI is InChI=1S/C12H16O4S/c13-9-4-2-1-3-5-10(9)16-8-6-11(12(14)15)17-7-8/h6-7,9-10,13H,1-5H2,(H,14,15). The van der Waals surface area contributed by atoms with Crippen molar-refractivity contribution in [2.75, 3.05) is 0 Å². The maximum Gasteiger partial charge on any atom is 0.346 e. The first-order chi connectivity index (χ1) is 8.16. The minimum Gasteiger partial charge on any atom is -0.487 e. The molecule has 0 radical (unpaired) electrons. The van der Waals surface area contributed by atoms with Gasteiger partial charge in [-0.1, -0.05) is 12.8 Å². The molecular weight excluding hydrogens is 240 g/mol. The molecule has 1 aromatic rings. The van der Waals surface area contributed by atoms with Crippen LogP contribution >= 0.6 is 11.3 Å². The Morgan fingerprint density at radius 3 is 2.82 bits per heavy atom.